The number of carboxylic acids is 1. The third-order valence-corrected chi connectivity index (χ3v) is 4.75. The van der Waals surface area contributed by atoms with Crippen molar-refractivity contribution in [1.82, 2.24) is 5.32 Å². The molecule has 0 saturated heterocycles. The van der Waals surface area contributed by atoms with E-state index in [1.165, 1.54) is 16.2 Å². The zero-order chi connectivity index (χ0) is 12.3. The highest BCUT2D eigenvalue weighted by atomic mass is 79.9. The van der Waals surface area contributed by atoms with E-state index in [1.807, 2.05) is 23.6 Å². The Bertz CT molecular complexity index is 521. The largest absolute Gasteiger partial charge is 0.477 e. The van der Waals surface area contributed by atoms with Crippen LogP contribution in [0.4, 0.5) is 0 Å². The van der Waals surface area contributed by atoms with Gasteiger partial charge in [-0.1, -0.05) is 0 Å². The van der Waals surface area contributed by atoms with Crippen LogP contribution >= 0.6 is 38.6 Å². The van der Waals surface area contributed by atoms with Crippen LogP contribution in [0.25, 0.3) is 0 Å². The summed E-state index contributed by atoms with van der Waals surface area (Å²) in [6.07, 6.45) is 0. The number of rotatable bonds is 5. The predicted octanol–water partition coefficient (Wildman–Crippen LogP) is 3.56. The lowest BCUT2D eigenvalue weighted by atomic mass is 10.2. The maximum Gasteiger partial charge on any atom is 0.346 e. The first kappa shape index (κ1) is 12.8. The van der Waals surface area contributed by atoms with E-state index in [1.54, 1.807) is 11.3 Å². The van der Waals surface area contributed by atoms with E-state index < -0.39 is 5.97 Å². The van der Waals surface area contributed by atoms with Crippen LogP contribution in [0, 0.1) is 0 Å². The van der Waals surface area contributed by atoms with Gasteiger partial charge in [0, 0.05) is 18.0 Å². The van der Waals surface area contributed by atoms with Crippen molar-refractivity contribution in [1.29, 1.82) is 0 Å². The van der Waals surface area contributed by atoms with Crippen LogP contribution in [0.1, 0.15) is 20.1 Å². The van der Waals surface area contributed by atoms with Gasteiger partial charge in [-0.05, 0) is 45.1 Å². The minimum Gasteiger partial charge on any atom is -0.477 e. The van der Waals surface area contributed by atoms with Gasteiger partial charge in [0.2, 0.25) is 0 Å². The van der Waals surface area contributed by atoms with E-state index in [4.69, 9.17) is 5.11 Å². The number of hydrogen-bond donors (Lipinski definition) is 2. The van der Waals surface area contributed by atoms with Crippen molar-refractivity contribution >= 4 is 44.6 Å². The second-order valence-electron chi connectivity index (χ2n) is 3.39. The monoisotopic (exact) mass is 331 g/mol. The van der Waals surface area contributed by atoms with Gasteiger partial charge in [0.15, 0.2) is 0 Å². The Morgan fingerprint density at radius 2 is 2.18 bits per heavy atom. The molecule has 2 aromatic rings. The van der Waals surface area contributed by atoms with Gasteiger partial charge >= 0.3 is 5.97 Å². The number of halogens is 1. The molecular formula is C11H10BrNO2S2. The van der Waals surface area contributed by atoms with Gasteiger partial charge in [-0.15, -0.1) is 22.7 Å². The zero-order valence-corrected chi connectivity index (χ0v) is 12.0. The number of aromatic carboxylic acids is 1. The highest BCUT2D eigenvalue weighted by molar-refractivity contribution is 9.11. The predicted molar refractivity (Wildman–Crippen MR) is 73.8 cm³/mol. The van der Waals surface area contributed by atoms with E-state index in [9.17, 15) is 4.79 Å². The number of nitrogens with one attached hydrogen (secondary N) is 1. The second kappa shape index (κ2) is 5.77. The van der Waals surface area contributed by atoms with Crippen molar-refractivity contribution in [2.45, 2.75) is 13.1 Å². The van der Waals surface area contributed by atoms with E-state index in [0.29, 0.717) is 11.4 Å². The highest BCUT2D eigenvalue weighted by Crippen LogP contribution is 2.22. The van der Waals surface area contributed by atoms with Crippen molar-refractivity contribution in [2.24, 2.45) is 0 Å². The lowest BCUT2D eigenvalue weighted by Crippen LogP contribution is -2.13. The maximum atomic E-state index is 10.9. The first-order valence-corrected chi connectivity index (χ1v) is 7.40. The van der Waals surface area contributed by atoms with E-state index in [0.717, 1.165) is 15.9 Å². The molecular weight excluding hydrogens is 322 g/mol. The average Bonchev–Trinajstić information content (AvgIpc) is 2.87. The third kappa shape index (κ3) is 3.38. The quantitative estimate of drug-likeness (QED) is 0.880. The Labute approximate surface area is 115 Å². The minimum absolute atomic E-state index is 0.421. The number of thiophene rings is 2. The molecule has 90 valence electrons. The molecule has 0 atom stereocenters. The van der Waals surface area contributed by atoms with Crippen LogP contribution in [0.2, 0.25) is 0 Å². The number of carbonyl (C=O) groups is 1. The van der Waals surface area contributed by atoms with Gasteiger partial charge in [0.1, 0.15) is 4.88 Å². The Morgan fingerprint density at radius 3 is 2.82 bits per heavy atom. The van der Waals surface area contributed by atoms with E-state index in [2.05, 4.69) is 21.2 Å². The molecule has 0 aliphatic carbocycles. The Morgan fingerprint density at radius 1 is 1.35 bits per heavy atom. The molecule has 0 bridgehead atoms. The first-order chi connectivity index (χ1) is 8.16. The molecule has 2 N–H and O–H groups in total. The molecule has 0 fully saturated rings. The van der Waals surface area contributed by atoms with Gasteiger partial charge in [-0.25, -0.2) is 4.79 Å². The van der Waals surface area contributed by atoms with Crippen molar-refractivity contribution in [3.8, 4) is 0 Å². The smallest absolute Gasteiger partial charge is 0.346 e. The van der Waals surface area contributed by atoms with Gasteiger partial charge in [-0.3, -0.25) is 0 Å². The highest BCUT2D eigenvalue weighted by Gasteiger charge is 2.10. The standard InChI is InChI=1S/C11H10BrNO2S2/c12-9-2-1-8(17-9)6-13-5-7-3-4-16-10(7)11(14)15/h1-4,13H,5-6H2,(H,14,15). The molecule has 0 saturated carbocycles. The Hall–Kier alpha value is -0.690. The third-order valence-electron chi connectivity index (χ3n) is 2.18. The van der Waals surface area contributed by atoms with Gasteiger partial charge in [-0.2, -0.15) is 0 Å². The average molecular weight is 332 g/mol. The molecule has 3 nitrogen and oxygen atoms in total. The van der Waals surface area contributed by atoms with Gasteiger partial charge < -0.3 is 10.4 Å². The first-order valence-electron chi connectivity index (χ1n) is 4.91. The molecule has 6 heteroatoms. The van der Waals surface area contributed by atoms with Crippen molar-refractivity contribution < 1.29 is 9.90 Å². The molecule has 2 rings (SSSR count). The van der Waals surface area contributed by atoms with Crippen LogP contribution in [-0.2, 0) is 13.1 Å². The minimum atomic E-state index is -0.851. The van der Waals surface area contributed by atoms with Crippen LogP contribution in [0.5, 0.6) is 0 Å². The normalized spacial score (nSPS) is 10.6. The van der Waals surface area contributed by atoms with Crippen LogP contribution in [0.15, 0.2) is 27.4 Å². The Balaban J connectivity index is 1.90. The molecule has 0 radical (unpaired) electrons. The molecule has 0 aromatic carbocycles. The fourth-order valence-corrected chi connectivity index (χ4v) is 3.64. The van der Waals surface area contributed by atoms with E-state index >= 15 is 0 Å². The summed E-state index contributed by atoms with van der Waals surface area (Å²) in [5.74, 6) is -0.851. The second-order valence-corrected chi connectivity index (χ2v) is 6.85. The van der Waals surface area contributed by atoms with Gasteiger partial charge in [0.05, 0.1) is 3.79 Å². The fraction of sp³-hybridized carbons (Fsp3) is 0.182. The zero-order valence-electron chi connectivity index (χ0n) is 8.77. The summed E-state index contributed by atoms with van der Waals surface area (Å²) in [5, 5.41) is 14.0. The lowest BCUT2D eigenvalue weighted by molar-refractivity contribution is 0.0701. The van der Waals surface area contributed by atoms with Crippen LogP contribution < -0.4 is 5.32 Å². The molecule has 0 unspecified atom stereocenters. The SMILES string of the molecule is O=C(O)c1sccc1CNCc1ccc(Br)s1. The van der Waals surface area contributed by atoms with Gasteiger partial charge in [0.25, 0.3) is 0 Å². The molecule has 2 heterocycles. The Kier molecular flexibility index (Phi) is 4.33. The van der Waals surface area contributed by atoms with E-state index in [-0.39, 0.29) is 0 Å². The molecule has 0 amide bonds. The molecule has 2 aromatic heterocycles. The van der Waals surface area contributed by atoms with Crippen LogP contribution in [0.3, 0.4) is 0 Å². The summed E-state index contributed by atoms with van der Waals surface area (Å²) < 4.78 is 1.11. The summed E-state index contributed by atoms with van der Waals surface area (Å²) in [6.45, 7) is 1.34. The van der Waals surface area contributed by atoms with Crippen molar-refractivity contribution in [3.63, 3.8) is 0 Å². The van der Waals surface area contributed by atoms with Crippen LogP contribution in [-0.4, -0.2) is 11.1 Å². The number of hydrogen-bond acceptors (Lipinski definition) is 4. The van der Waals surface area contributed by atoms with Crippen molar-refractivity contribution in [3.05, 3.63) is 42.7 Å². The molecule has 0 aliphatic rings. The summed E-state index contributed by atoms with van der Waals surface area (Å²) in [6, 6.07) is 5.91. The summed E-state index contributed by atoms with van der Waals surface area (Å²) in [4.78, 5) is 12.5. The molecule has 17 heavy (non-hydrogen) atoms. The fourth-order valence-electron chi connectivity index (χ4n) is 1.43. The summed E-state index contributed by atoms with van der Waals surface area (Å²) in [5.41, 5.74) is 0.845. The lowest BCUT2D eigenvalue weighted by Gasteiger charge is -2.02. The summed E-state index contributed by atoms with van der Waals surface area (Å²) in [7, 11) is 0. The topological polar surface area (TPSA) is 49.3 Å². The van der Waals surface area contributed by atoms with Crippen molar-refractivity contribution in [2.75, 3.05) is 0 Å². The molecule has 0 aliphatic heterocycles. The summed E-state index contributed by atoms with van der Waals surface area (Å²) >= 11 is 6.35. The number of carboxylic acid groups (broad SMARTS) is 1. The molecule has 0 spiro atoms. The maximum absolute atomic E-state index is 10.9.